The Hall–Kier alpha value is -1.32. The van der Waals surface area contributed by atoms with Gasteiger partial charge in [0.1, 0.15) is 0 Å². The number of hydrogen-bond acceptors (Lipinski definition) is 4. The van der Waals surface area contributed by atoms with Crippen molar-refractivity contribution in [3.63, 3.8) is 0 Å². The van der Waals surface area contributed by atoms with E-state index in [0.717, 1.165) is 37.7 Å². The maximum atomic E-state index is 5.04. The molecule has 0 radical (unpaired) electrons. The molecule has 0 spiro atoms. The summed E-state index contributed by atoms with van der Waals surface area (Å²) < 4.78 is 5.04. The van der Waals surface area contributed by atoms with Gasteiger partial charge in [0.25, 0.3) is 0 Å². The van der Waals surface area contributed by atoms with Gasteiger partial charge >= 0.3 is 0 Å². The Balaban J connectivity index is 0.00000364. The third kappa shape index (κ3) is 9.44. The molecule has 1 heterocycles. The third-order valence-electron chi connectivity index (χ3n) is 4.02. The molecule has 0 amide bonds. The summed E-state index contributed by atoms with van der Waals surface area (Å²) >= 11 is 1.82. The van der Waals surface area contributed by atoms with Gasteiger partial charge in [-0.15, -0.1) is 35.3 Å². The van der Waals surface area contributed by atoms with E-state index in [9.17, 15) is 0 Å². The highest BCUT2D eigenvalue weighted by Crippen LogP contribution is 2.13. The number of guanidine groups is 1. The summed E-state index contributed by atoms with van der Waals surface area (Å²) in [4.78, 5) is 5.74. The monoisotopic (exact) mass is 502 g/mol. The van der Waals surface area contributed by atoms with Gasteiger partial charge in [-0.25, -0.2) is 0 Å². The number of hydrogen-bond donors (Lipinski definition) is 3. The molecule has 7 heteroatoms. The number of nitrogens with one attached hydrogen (secondary N) is 3. The van der Waals surface area contributed by atoms with Crippen molar-refractivity contribution in [1.82, 2.24) is 10.6 Å². The van der Waals surface area contributed by atoms with Gasteiger partial charge in [0.2, 0.25) is 0 Å². The molecule has 0 saturated heterocycles. The van der Waals surface area contributed by atoms with Crippen molar-refractivity contribution in [2.75, 3.05) is 39.2 Å². The number of ether oxygens (including phenoxy) is 1. The van der Waals surface area contributed by atoms with E-state index in [1.54, 1.807) is 7.11 Å². The topological polar surface area (TPSA) is 57.7 Å². The molecular formula is C20H31IN4OS. The van der Waals surface area contributed by atoms with Crippen molar-refractivity contribution in [1.29, 1.82) is 0 Å². The normalized spacial score (nSPS) is 12.2. The Morgan fingerprint density at radius 1 is 1.19 bits per heavy atom. The predicted molar refractivity (Wildman–Crippen MR) is 128 cm³/mol. The summed E-state index contributed by atoms with van der Waals surface area (Å²) in [6.45, 7) is 5.43. The van der Waals surface area contributed by atoms with Crippen LogP contribution in [0.5, 0.6) is 0 Å². The summed E-state index contributed by atoms with van der Waals surface area (Å²) in [7, 11) is 3.52. The first-order chi connectivity index (χ1) is 12.7. The van der Waals surface area contributed by atoms with Gasteiger partial charge in [-0.1, -0.05) is 25.1 Å². The molecule has 27 heavy (non-hydrogen) atoms. The molecule has 1 aromatic carbocycles. The Morgan fingerprint density at radius 2 is 1.96 bits per heavy atom. The van der Waals surface area contributed by atoms with Crippen molar-refractivity contribution >= 4 is 47.0 Å². The number of nitrogens with zero attached hydrogens (tertiary/aromatic N) is 1. The lowest BCUT2D eigenvalue weighted by Crippen LogP contribution is -2.39. The zero-order valence-corrected chi connectivity index (χ0v) is 19.5. The minimum absolute atomic E-state index is 0. The second-order valence-corrected chi connectivity index (χ2v) is 7.34. The lowest BCUT2D eigenvalue weighted by molar-refractivity contribution is 0.211. The number of rotatable bonds is 10. The summed E-state index contributed by atoms with van der Waals surface area (Å²) in [5.74, 6) is 1.40. The lowest BCUT2D eigenvalue weighted by atomic mass is 10.1. The van der Waals surface area contributed by atoms with E-state index in [-0.39, 0.29) is 24.0 Å². The fourth-order valence-corrected chi connectivity index (χ4v) is 3.43. The van der Waals surface area contributed by atoms with Gasteiger partial charge in [-0.3, -0.25) is 4.99 Å². The number of thiophene rings is 1. The highest BCUT2D eigenvalue weighted by molar-refractivity contribution is 14.0. The SMILES string of the molecule is CN=C(NCc1ccc(NCCOC)cc1)NCC(C)Cc1cccs1.I. The molecule has 0 bridgehead atoms. The highest BCUT2D eigenvalue weighted by Gasteiger charge is 2.06. The van der Waals surface area contributed by atoms with Gasteiger partial charge in [0, 0.05) is 44.4 Å². The molecule has 1 atom stereocenters. The van der Waals surface area contributed by atoms with Gasteiger partial charge in [-0.2, -0.15) is 0 Å². The van der Waals surface area contributed by atoms with E-state index in [1.807, 2.05) is 18.4 Å². The van der Waals surface area contributed by atoms with Crippen LogP contribution in [0.1, 0.15) is 17.4 Å². The van der Waals surface area contributed by atoms with Crippen molar-refractivity contribution in [2.24, 2.45) is 10.9 Å². The lowest BCUT2D eigenvalue weighted by Gasteiger charge is -2.16. The Morgan fingerprint density at radius 3 is 2.59 bits per heavy atom. The molecule has 2 rings (SSSR count). The minimum atomic E-state index is 0. The van der Waals surface area contributed by atoms with Crippen LogP contribution in [0.4, 0.5) is 5.69 Å². The molecule has 2 aromatic rings. The van der Waals surface area contributed by atoms with E-state index in [2.05, 4.69) is 69.6 Å². The van der Waals surface area contributed by atoms with E-state index < -0.39 is 0 Å². The first kappa shape index (κ1) is 23.7. The molecule has 0 aliphatic heterocycles. The fourth-order valence-electron chi connectivity index (χ4n) is 2.56. The summed E-state index contributed by atoms with van der Waals surface area (Å²) in [6, 6.07) is 12.7. The van der Waals surface area contributed by atoms with E-state index >= 15 is 0 Å². The molecule has 0 aliphatic carbocycles. The number of benzene rings is 1. The smallest absolute Gasteiger partial charge is 0.191 e. The van der Waals surface area contributed by atoms with E-state index in [0.29, 0.717) is 12.5 Å². The predicted octanol–water partition coefficient (Wildman–Crippen LogP) is 3.97. The molecule has 3 N–H and O–H groups in total. The summed E-state index contributed by atoms with van der Waals surface area (Å²) in [5, 5.41) is 12.2. The molecule has 0 fully saturated rings. The minimum Gasteiger partial charge on any atom is -0.383 e. The summed E-state index contributed by atoms with van der Waals surface area (Å²) in [6.07, 6.45) is 1.10. The van der Waals surface area contributed by atoms with Crippen LogP contribution in [0.25, 0.3) is 0 Å². The number of aliphatic imine (C=N–C) groups is 1. The fraction of sp³-hybridized carbons (Fsp3) is 0.450. The van der Waals surface area contributed by atoms with Gasteiger partial charge in [-0.05, 0) is 41.5 Å². The van der Waals surface area contributed by atoms with Crippen LogP contribution in [-0.2, 0) is 17.7 Å². The molecule has 1 aromatic heterocycles. The largest absolute Gasteiger partial charge is 0.383 e. The number of methoxy groups -OCH3 is 1. The zero-order valence-electron chi connectivity index (χ0n) is 16.3. The second-order valence-electron chi connectivity index (χ2n) is 6.31. The molecule has 1 unspecified atom stereocenters. The van der Waals surface area contributed by atoms with Crippen LogP contribution in [0.2, 0.25) is 0 Å². The van der Waals surface area contributed by atoms with Gasteiger partial charge in [0.15, 0.2) is 5.96 Å². The van der Waals surface area contributed by atoms with Crippen LogP contribution >= 0.6 is 35.3 Å². The molecule has 5 nitrogen and oxygen atoms in total. The molecule has 0 saturated carbocycles. The van der Waals surface area contributed by atoms with Crippen LogP contribution in [0.15, 0.2) is 46.8 Å². The first-order valence-corrected chi connectivity index (χ1v) is 9.88. The van der Waals surface area contributed by atoms with Crippen molar-refractivity contribution in [3.8, 4) is 0 Å². The van der Waals surface area contributed by atoms with Crippen LogP contribution in [0, 0.1) is 5.92 Å². The van der Waals surface area contributed by atoms with E-state index in [1.165, 1.54) is 10.4 Å². The maximum Gasteiger partial charge on any atom is 0.191 e. The highest BCUT2D eigenvalue weighted by atomic mass is 127. The van der Waals surface area contributed by atoms with Crippen molar-refractivity contribution < 1.29 is 4.74 Å². The first-order valence-electron chi connectivity index (χ1n) is 9.00. The molecular weight excluding hydrogens is 471 g/mol. The second kappa shape index (κ2) is 13.8. The summed E-state index contributed by atoms with van der Waals surface area (Å²) in [5.41, 5.74) is 2.33. The Bertz CT molecular complexity index is 647. The van der Waals surface area contributed by atoms with Crippen LogP contribution in [0.3, 0.4) is 0 Å². The quantitative estimate of drug-likeness (QED) is 0.199. The third-order valence-corrected chi connectivity index (χ3v) is 4.92. The standard InChI is InChI=1S/C20H30N4OS.HI/c1-16(13-19-5-4-12-26-19)14-23-20(21-2)24-15-17-6-8-18(9-7-17)22-10-11-25-3;/h4-9,12,16,22H,10-11,13-15H2,1-3H3,(H2,21,23,24);1H. The number of halogens is 1. The zero-order chi connectivity index (χ0) is 18.6. The average molecular weight is 502 g/mol. The van der Waals surface area contributed by atoms with Crippen LogP contribution < -0.4 is 16.0 Å². The van der Waals surface area contributed by atoms with Crippen molar-refractivity contribution in [3.05, 3.63) is 52.2 Å². The van der Waals surface area contributed by atoms with Gasteiger partial charge < -0.3 is 20.7 Å². The Labute approximate surface area is 184 Å². The molecule has 0 aliphatic rings. The van der Waals surface area contributed by atoms with Gasteiger partial charge in [0.05, 0.1) is 6.61 Å². The van der Waals surface area contributed by atoms with Crippen LogP contribution in [-0.4, -0.2) is 39.8 Å². The number of anilines is 1. The van der Waals surface area contributed by atoms with Crippen molar-refractivity contribution in [2.45, 2.75) is 19.9 Å². The van der Waals surface area contributed by atoms with E-state index in [4.69, 9.17) is 4.74 Å². The Kier molecular flexibility index (Phi) is 12.1. The average Bonchev–Trinajstić information content (AvgIpc) is 3.16. The maximum absolute atomic E-state index is 5.04. The molecule has 150 valence electrons.